The largest absolute Gasteiger partial charge is 0.325 e. The molecule has 2 aromatic rings. The van der Waals surface area contributed by atoms with Gasteiger partial charge in [0.05, 0.1) is 0 Å². The molecule has 1 fully saturated rings. The van der Waals surface area contributed by atoms with Crippen molar-refractivity contribution in [2.24, 2.45) is 0 Å². The molecule has 0 radical (unpaired) electrons. The van der Waals surface area contributed by atoms with E-state index in [-0.39, 0.29) is 6.54 Å². The van der Waals surface area contributed by atoms with Crippen molar-refractivity contribution in [3.05, 3.63) is 65.2 Å². The second-order valence-electron chi connectivity index (χ2n) is 7.59. The van der Waals surface area contributed by atoms with Crippen molar-refractivity contribution in [1.82, 2.24) is 10.2 Å². The van der Waals surface area contributed by atoms with Gasteiger partial charge in [-0.1, -0.05) is 50.2 Å². The maximum Gasteiger partial charge on any atom is 0.325 e. The maximum atomic E-state index is 13.0. The molecule has 1 atom stereocenters. The summed E-state index contributed by atoms with van der Waals surface area (Å²) < 4.78 is 0. The molecule has 0 spiro atoms. The first-order valence-electron chi connectivity index (χ1n) is 9.32. The Kier molecular flexibility index (Phi) is 5.23. The molecule has 0 bridgehead atoms. The lowest BCUT2D eigenvalue weighted by molar-refractivity contribution is -0.133. The lowest BCUT2D eigenvalue weighted by Crippen LogP contribution is -2.42. The van der Waals surface area contributed by atoms with Gasteiger partial charge in [0.15, 0.2) is 0 Å². The van der Waals surface area contributed by atoms with Crippen molar-refractivity contribution in [3.8, 4) is 0 Å². The van der Waals surface area contributed by atoms with E-state index in [4.69, 9.17) is 0 Å². The highest BCUT2D eigenvalue weighted by molar-refractivity contribution is 6.10. The van der Waals surface area contributed by atoms with Crippen LogP contribution in [0.1, 0.15) is 43.4 Å². The second-order valence-corrected chi connectivity index (χ2v) is 7.59. The quantitative estimate of drug-likeness (QED) is 0.780. The first-order chi connectivity index (χ1) is 13.2. The van der Waals surface area contributed by atoms with Crippen molar-refractivity contribution in [2.75, 3.05) is 11.9 Å². The number of aryl methyl sites for hydroxylation is 1. The van der Waals surface area contributed by atoms with Gasteiger partial charge in [-0.15, -0.1) is 0 Å². The highest BCUT2D eigenvalue weighted by Gasteiger charge is 2.49. The predicted molar refractivity (Wildman–Crippen MR) is 108 cm³/mol. The van der Waals surface area contributed by atoms with E-state index in [2.05, 4.69) is 24.5 Å². The van der Waals surface area contributed by atoms with Gasteiger partial charge < -0.3 is 10.6 Å². The van der Waals surface area contributed by atoms with Gasteiger partial charge in [-0.3, -0.25) is 14.5 Å². The Morgan fingerprint density at radius 2 is 1.75 bits per heavy atom. The number of benzene rings is 2. The summed E-state index contributed by atoms with van der Waals surface area (Å²) in [5.41, 5.74) is 2.24. The number of anilines is 1. The molecule has 2 N–H and O–H groups in total. The number of nitrogens with one attached hydrogen (secondary N) is 2. The number of hydrogen-bond acceptors (Lipinski definition) is 3. The summed E-state index contributed by atoms with van der Waals surface area (Å²) >= 11 is 0. The average Bonchev–Trinajstić information content (AvgIpc) is 2.86. The zero-order chi connectivity index (χ0) is 20.5. The Morgan fingerprint density at radius 1 is 1.11 bits per heavy atom. The highest BCUT2D eigenvalue weighted by Crippen LogP contribution is 2.30. The first-order valence-corrected chi connectivity index (χ1v) is 9.32. The van der Waals surface area contributed by atoms with Crippen LogP contribution in [0.3, 0.4) is 0 Å². The number of imide groups is 1. The normalized spacial score (nSPS) is 19.1. The molecule has 28 heavy (non-hydrogen) atoms. The number of carbonyl (C=O) groups excluding carboxylic acids is 3. The van der Waals surface area contributed by atoms with Crippen LogP contribution in [0.15, 0.2) is 48.5 Å². The van der Waals surface area contributed by atoms with Crippen molar-refractivity contribution >= 4 is 23.5 Å². The van der Waals surface area contributed by atoms with Crippen LogP contribution in [0.2, 0.25) is 0 Å². The van der Waals surface area contributed by atoms with Gasteiger partial charge in [0, 0.05) is 5.69 Å². The summed E-state index contributed by atoms with van der Waals surface area (Å²) in [7, 11) is 0. The average molecular weight is 379 g/mol. The van der Waals surface area contributed by atoms with E-state index in [1.165, 1.54) is 5.56 Å². The van der Waals surface area contributed by atoms with Crippen LogP contribution in [-0.4, -0.2) is 29.3 Å². The fourth-order valence-corrected chi connectivity index (χ4v) is 3.45. The Labute approximate surface area is 164 Å². The fourth-order valence-electron chi connectivity index (χ4n) is 3.45. The second kappa shape index (κ2) is 7.46. The zero-order valence-corrected chi connectivity index (χ0v) is 16.6. The van der Waals surface area contributed by atoms with Crippen LogP contribution >= 0.6 is 0 Å². The molecule has 2 aromatic carbocycles. The summed E-state index contributed by atoms with van der Waals surface area (Å²) in [5.74, 6) is -0.457. The molecule has 6 nitrogen and oxygen atoms in total. The van der Waals surface area contributed by atoms with Crippen LogP contribution in [0.5, 0.6) is 0 Å². The van der Waals surface area contributed by atoms with Crippen molar-refractivity contribution in [3.63, 3.8) is 0 Å². The number of amides is 4. The molecule has 4 amide bonds. The maximum absolute atomic E-state index is 13.0. The summed E-state index contributed by atoms with van der Waals surface area (Å²) in [6, 6.07) is 14.4. The topological polar surface area (TPSA) is 78.5 Å². The molecule has 1 aliphatic rings. The van der Waals surface area contributed by atoms with E-state index in [1.54, 1.807) is 6.92 Å². The summed E-state index contributed by atoms with van der Waals surface area (Å²) in [6.45, 7) is 7.40. The zero-order valence-electron chi connectivity index (χ0n) is 16.6. The third-order valence-corrected chi connectivity index (χ3v) is 5.12. The Balaban J connectivity index is 1.72. The van der Waals surface area contributed by atoms with E-state index >= 15 is 0 Å². The van der Waals surface area contributed by atoms with E-state index in [9.17, 15) is 14.4 Å². The lowest BCUT2D eigenvalue weighted by atomic mass is 9.88. The van der Waals surface area contributed by atoms with E-state index < -0.39 is 23.4 Å². The van der Waals surface area contributed by atoms with Crippen LogP contribution in [-0.2, 0) is 15.1 Å². The monoisotopic (exact) mass is 379 g/mol. The van der Waals surface area contributed by atoms with Gasteiger partial charge in [0.2, 0.25) is 5.91 Å². The van der Waals surface area contributed by atoms with Gasteiger partial charge in [0.25, 0.3) is 5.91 Å². The molecule has 6 heteroatoms. The van der Waals surface area contributed by atoms with Crippen LogP contribution in [0.25, 0.3) is 0 Å². The molecular formula is C22H25N3O3. The summed E-state index contributed by atoms with van der Waals surface area (Å²) in [6.07, 6.45) is 0. The van der Waals surface area contributed by atoms with Crippen LogP contribution in [0, 0.1) is 6.92 Å². The lowest BCUT2D eigenvalue weighted by Gasteiger charge is -2.24. The standard InChI is InChI=1S/C22H25N3O3/c1-14(2)16-9-11-17(12-10-16)23-19(26)13-25-20(27)22(4,24-21(25)28)18-8-6-5-7-15(18)3/h5-12,14H,13H2,1-4H3,(H,23,26)(H,24,28). The van der Waals surface area contributed by atoms with Crippen molar-refractivity contribution in [1.29, 1.82) is 0 Å². The summed E-state index contributed by atoms with van der Waals surface area (Å²) in [5, 5.41) is 5.48. The highest BCUT2D eigenvalue weighted by atomic mass is 16.2. The number of hydrogen-bond donors (Lipinski definition) is 2. The van der Waals surface area contributed by atoms with E-state index in [1.807, 2.05) is 55.5 Å². The molecule has 1 aliphatic heterocycles. The SMILES string of the molecule is Cc1ccccc1C1(C)NC(=O)N(CC(=O)Nc2ccc(C(C)C)cc2)C1=O. The van der Waals surface area contributed by atoms with Gasteiger partial charge >= 0.3 is 6.03 Å². The fraction of sp³-hybridized carbons (Fsp3) is 0.318. The van der Waals surface area contributed by atoms with E-state index in [0.29, 0.717) is 11.6 Å². The van der Waals surface area contributed by atoms with Gasteiger partial charge in [-0.2, -0.15) is 0 Å². The molecule has 0 aromatic heterocycles. The molecular weight excluding hydrogens is 354 g/mol. The van der Waals surface area contributed by atoms with Gasteiger partial charge in [-0.05, 0) is 48.6 Å². The molecule has 1 unspecified atom stereocenters. The number of nitrogens with zero attached hydrogens (tertiary/aromatic N) is 1. The number of carbonyl (C=O) groups is 3. The first kappa shape index (κ1) is 19.6. The summed E-state index contributed by atoms with van der Waals surface area (Å²) in [4.78, 5) is 38.7. The number of rotatable bonds is 5. The molecule has 0 saturated carbocycles. The Hall–Kier alpha value is -3.15. The molecule has 146 valence electrons. The predicted octanol–water partition coefficient (Wildman–Crippen LogP) is 3.52. The minimum absolute atomic E-state index is 0.335. The minimum atomic E-state index is -1.18. The van der Waals surface area contributed by atoms with Crippen molar-refractivity contribution in [2.45, 2.75) is 39.2 Å². The molecule has 3 rings (SSSR count). The number of urea groups is 1. The Morgan fingerprint density at radius 3 is 2.36 bits per heavy atom. The van der Waals surface area contributed by atoms with Crippen LogP contribution < -0.4 is 10.6 Å². The minimum Gasteiger partial charge on any atom is -0.325 e. The third-order valence-electron chi connectivity index (χ3n) is 5.12. The van der Waals surface area contributed by atoms with Gasteiger partial charge in [-0.25, -0.2) is 4.79 Å². The third kappa shape index (κ3) is 3.63. The molecule has 1 heterocycles. The molecule has 1 saturated heterocycles. The molecule has 0 aliphatic carbocycles. The van der Waals surface area contributed by atoms with Crippen LogP contribution in [0.4, 0.5) is 10.5 Å². The van der Waals surface area contributed by atoms with Gasteiger partial charge in [0.1, 0.15) is 12.1 Å². The van der Waals surface area contributed by atoms with Crippen molar-refractivity contribution < 1.29 is 14.4 Å². The van der Waals surface area contributed by atoms with E-state index in [0.717, 1.165) is 16.0 Å². The Bertz CT molecular complexity index is 921. The smallest absolute Gasteiger partial charge is 0.325 e.